The van der Waals surface area contributed by atoms with Gasteiger partial charge >= 0.3 is 5.97 Å². The molecule has 3 rings (SSSR count). The van der Waals surface area contributed by atoms with Crippen molar-refractivity contribution in [1.82, 2.24) is 15.8 Å². The Bertz CT molecular complexity index is 865. The Morgan fingerprint density at radius 3 is 2.92 bits per heavy atom. The lowest BCUT2D eigenvalue weighted by Crippen LogP contribution is -2.39. The van der Waals surface area contributed by atoms with E-state index in [0.29, 0.717) is 28.4 Å². The van der Waals surface area contributed by atoms with Crippen molar-refractivity contribution in [2.24, 2.45) is 0 Å². The molecule has 0 bridgehead atoms. The highest BCUT2D eigenvalue weighted by Gasteiger charge is 2.37. The third kappa shape index (κ3) is 3.15. The molecule has 2 aromatic rings. The number of nitrogens with zero attached hydrogens (tertiary/aromatic N) is 2. The van der Waals surface area contributed by atoms with Crippen LogP contribution in [0.2, 0.25) is 5.02 Å². The maximum absolute atomic E-state index is 12.0. The van der Waals surface area contributed by atoms with Crippen LogP contribution >= 0.6 is 11.6 Å². The third-order valence-corrected chi connectivity index (χ3v) is 4.51. The highest BCUT2D eigenvalue weighted by molar-refractivity contribution is 6.33. The second kappa shape index (κ2) is 7.07. The van der Waals surface area contributed by atoms with Gasteiger partial charge in [0, 0.05) is 23.0 Å². The van der Waals surface area contributed by atoms with E-state index in [4.69, 9.17) is 22.1 Å². The summed E-state index contributed by atoms with van der Waals surface area (Å²) in [6.45, 7) is 0.444. The summed E-state index contributed by atoms with van der Waals surface area (Å²) in [4.78, 5) is 16.3. The number of carbonyl (C=O) groups excluding carboxylic acids is 1. The van der Waals surface area contributed by atoms with E-state index < -0.39 is 12.0 Å². The number of methoxy groups -OCH3 is 1. The topological polar surface area (TPSA) is 113 Å². The minimum absolute atomic E-state index is 0.102. The Hall–Kier alpha value is -2.66. The van der Waals surface area contributed by atoms with Gasteiger partial charge in [0.25, 0.3) is 0 Å². The van der Waals surface area contributed by atoms with Gasteiger partial charge in [-0.15, -0.1) is 0 Å². The van der Waals surface area contributed by atoms with Gasteiger partial charge in [-0.25, -0.2) is 10.4 Å². The van der Waals surface area contributed by atoms with Gasteiger partial charge < -0.3 is 10.5 Å². The average molecular weight is 358 g/mol. The first kappa shape index (κ1) is 17.2. The summed E-state index contributed by atoms with van der Waals surface area (Å²) in [5.41, 5.74) is 13.9. The Labute approximate surface area is 149 Å². The SMILES string of the molecule is COC(=O)C1NNCC1c1cc(-c2ccccc2Cl)nc(N)c1C#N. The summed E-state index contributed by atoms with van der Waals surface area (Å²) in [5.74, 6) is -0.646. The molecule has 1 aliphatic heterocycles. The van der Waals surface area contributed by atoms with Crippen LogP contribution in [0.25, 0.3) is 11.3 Å². The molecular weight excluding hydrogens is 342 g/mol. The molecule has 2 unspecified atom stereocenters. The van der Waals surface area contributed by atoms with Gasteiger partial charge in [-0.1, -0.05) is 29.8 Å². The first-order valence-electron chi connectivity index (χ1n) is 7.58. The number of rotatable bonds is 3. The van der Waals surface area contributed by atoms with Crippen LogP contribution in [-0.4, -0.2) is 30.6 Å². The van der Waals surface area contributed by atoms with Gasteiger partial charge in [-0.2, -0.15) is 5.26 Å². The highest BCUT2D eigenvalue weighted by Crippen LogP contribution is 2.34. The average Bonchev–Trinajstić information content (AvgIpc) is 3.10. The number of halogens is 1. The molecule has 2 atom stereocenters. The van der Waals surface area contributed by atoms with Crippen LogP contribution in [0.15, 0.2) is 30.3 Å². The van der Waals surface area contributed by atoms with E-state index in [9.17, 15) is 10.1 Å². The van der Waals surface area contributed by atoms with E-state index in [1.807, 2.05) is 18.2 Å². The van der Waals surface area contributed by atoms with Crippen LogP contribution in [-0.2, 0) is 9.53 Å². The molecule has 8 heteroatoms. The van der Waals surface area contributed by atoms with E-state index in [2.05, 4.69) is 21.9 Å². The Balaban J connectivity index is 2.14. The van der Waals surface area contributed by atoms with Crippen LogP contribution in [0.4, 0.5) is 5.82 Å². The zero-order chi connectivity index (χ0) is 18.0. The molecular formula is C17H16ClN5O2. The van der Waals surface area contributed by atoms with Gasteiger partial charge in [-0.3, -0.25) is 10.2 Å². The molecule has 0 radical (unpaired) electrons. The molecule has 2 heterocycles. The second-order valence-electron chi connectivity index (χ2n) is 5.58. The van der Waals surface area contributed by atoms with Crippen LogP contribution in [0.3, 0.4) is 0 Å². The van der Waals surface area contributed by atoms with Crippen molar-refractivity contribution in [3.63, 3.8) is 0 Å². The zero-order valence-corrected chi connectivity index (χ0v) is 14.2. The van der Waals surface area contributed by atoms with Gasteiger partial charge in [0.05, 0.1) is 18.4 Å². The molecule has 1 saturated heterocycles. The largest absolute Gasteiger partial charge is 0.468 e. The lowest BCUT2D eigenvalue weighted by molar-refractivity contribution is -0.143. The quantitative estimate of drug-likeness (QED) is 0.715. The number of aromatic nitrogens is 1. The first-order chi connectivity index (χ1) is 12.1. The fraction of sp³-hybridized carbons (Fsp3) is 0.235. The Kier molecular flexibility index (Phi) is 4.86. The Morgan fingerprint density at radius 2 is 2.24 bits per heavy atom. The van der Waals surface area contributed by atoms with Crippen molar-refractivity contribution in [2.75, 3.05) is 19.4 Å². The van der Waals surface area contributed by atoms with Crippen molar-refractivity contribution in [1.29, 1.82) is 5.26 Å². The summed E-state index contributed by atoms with van der Waals surface area (Å²) in [5, 5.41) is 10.0. The number of pyridine rings is 1. The zero-order valence-electron chi connectivity index (χ0n) is 13.4. The van der Waals surface area contributed by atoms with E-state index >= 15 is 0 Å². The molecule has 1 aromatic heterocycles. The van der Waals surface area contributed by atoms with E-state index in [1.165, 1.54) is 7.11 Å². The molecule has 1 fully saturated rings. The number of nitrogens with one attached hydrogen (secondary N) is 2. The summed E-state index contributed by atoms with van der Waals surface area (Å²) < 4.78 is 4.83. The molecule has 4 N–H and O–H groups in total. The molecule has 7 nitrogen and oxygen atoms in total. The maximum Gasteiger partial charge on any atom is 0.324 e. The lowest BCUT2D eigenvalue weighted by Gasteiger charge is -2.19. The summed E-state index contributed by atoms with van der Waals surface area (Å²) >= 11 is 6.25. The molecule has 0 spiro atoms. The first-order valence-corrected chi connectivity index (χ1v) is 7.96. The standard InChI is InChI=1S/C17H16ClN5O2/c1-25-17(24)15-12(8-21-23-15)10-6-14(22-16(20)11(10)7-19)9-4-2-3-5-13(9)18/h2-6,12,15,21,23H,8H2,1H3,(H2,20,22). The van der Waals surface area contributed by atoms with Gasteiger partial charge in [0.2, 0.25) is 0 Å². The number of ether oxygens (including phenoxy) is 1. The smallest absolute Gasteiger partial charge is 0.324 e. The van der Waals surface area contributed by atoms with E-state index in [0.717, 1.165) is 0 Å². The van der Waals surface area contributed by atoms with Gasteiger partial charge in [0.1, 0.15) is 17.9 Å². The van der Waals surface area contributed by atoms with Crippen molar-refractivity contribution in [2.45, 2.75) is 12.0 Å². The predicted octanol–water partition coefficient (Wildman–Crippen LogP) is 1.59. The fourth-order valence-corrected chi connectivity index (χ4v) is 3.18. The van der Waals surface area contributed by atoms with Crippen LogP contribution < -0.4 is 16.6 Å². The molecule has 0 saturated carbocycles. The van der Waals surface area contributed by atoms with Crippen molar-refractivity contribution in [3.8, 4) is 17.3 Å². The molecule has 0 aliphatic carbocycles. The number of hydrogen-bond donors (Lipinski definition) is 3. The number of hydrazine groups is 1. The molecule has 128 valence electrons. The lowest BCUT2D eigenvalue weighted by atomic mass is 9.89. The van der Waals surface area contributed by atoms with E-state index in [-0.39, 0.29) is 17.3 Å². The number of nitriles is 1. The fourth-order valence-electron chi connectivity index (χ4n) is 2.94. The molecule has 25 heavy (non-hydrogen) atoms. The number of hydrogen-bond acceptors (Lipinski definition) is 7. The number of nitrogens with two attached hydrogens (primary N) is 1. The second-order valence-corrected chi connectivity index (χ2v) is 5.99. The van der Waals surface area contributed by atoms with Crippen LogP contribution in [0.1, 0.15) is 17.0 Å². The number of anilines is 1. The number of carbonyl (C=O) groups is 1. The van der Waals surface area contributed by atoms with Crippen molar-refractivity contribution < 1.29 is 9.53 Å². The van der Waals surface area contributed by atoms with Crippen LogP contribution in [0, 0.1) is 11.3 Å². The number of esters is 1. The maximum atomic E-state index is 12.0. The summed E-state index contributed by atoms with van der Waals surface area (Å²) in [6, 6.07) is 10.4. The number of nitrogen functional groups attached to an aromatic ring is 1. The van der Waals surface area contributed by atoms with E-state index in [1.54, 1.807) is 12.1 Å². The normalized spacial score (nSPS) is 19.4. The summed E-state index contributed by atoms with van der Waals surface area (Å²) in [6.07, 6.45) is 0. The molecule has 1 aromatic carbocycles. The van der Waals surface area contributed by atoms with Gasteiger partial charge in [0.15, 0.2) is 0 Å². The Morgan fingerprint density at radius 1 is 1.48 bits per heavy atom. The van der Waals surface area contributed by atoms with Gasteiger partial charge in [-0.05, 0) is 17.7 Å². The monoisotopic (exact) mass is 357 g/mol. The minimum atomic E-state index is -0.627. The van der Waals surface area contributed by atoms with Crippen LogP contribution in [0.5, 0.6) is 0 Å². The predicted molar refractivity (Wildman–Crippen MR) is 93.5 cm³/mol. The highest BCUT2D eigenvalue weighted by atomic mass is 35.5. The van der Waals surface area contributed by atoms with Crippen molar-refractivity contribution >= 4 is 23.4 Å². The van der Waals surface area contributed by atoms with Crippen molar-refractivity contribution in [3.05, 3.63) is 46.5 Å². The summed E-state index contributed by atoms with van der Waals surface area (Å²) in [7, 11) is 1.32. The minimum Gasteiger partial charge on any atom is -0.468 e. The third-order valence-electron chi connectivity index (χ3n) is 4.18. The molecule has 0 amide bonds. The molecule has 1 aliphatic rings. The number of benzene rings is 1.